The van der Waals surface area contributed by atoms with Crippen LogP contribution in [-0.2, 0) is 0 Å². The van der Waals surface area contributed by atoms with E-state index in [1.165, 1.54) is 0 Å². The molecule has 0 aliphatic rings. The van der Waals surface area contributed by atoms with Gasteiger partial charge in [0.2, 0.25) is 0 Å². The first kappa shape index (κ1) is 12.5. The van der Waals surface area contributed by atoms with Gasteiger partial charge in [0, 0.05) is 24.3 Å². The van der Waals surface area contributed by atoms with E-state index in [1.54, 1.807) is 6.92 Å². The molecule has 0 aliphatic heterocycles. The van der Waals surface area contributed by atoms with Crippen LogP contribution >= 0.6 is 0 Å². The Balaban J connectivity index is 2.86. The van der Waals surface area contributed by atoms with Crippen molar-refractivity contribution >= 4 is 11.5 Å². The van der Waals surface area contributed by atoms with Crippen LogP contribution in [0.2, 0.25) is 0 Å². The van der Waals surface area contributed by atoms with Crippen molar-refractivity contribution in [3.8, 4) is 0 Å². The molecule has 2 nitrogen and oxygen atoms in total. The molecular weight excluding hydrogens is 198 g/mol. The third kappa shape index (κ3) is 3.23. The Morgan fingerprint density at radius 3 is 2.19 bits per heavy atom. The maximum atomic E-state index is 11.1. The van der Waals surface area contributed by atoms with Crippen LogP contribution in [-0.4, -0.2) is 18.9 Å². The third-order valence-corrected chi connectivity index (χ3v) is 2.48. The summed E-state index contributed by atoms with van der Waals surface area (Å²) in [5.74, 6) is 0.106. The molecule has 1 aromatic rings. The van der Waals surface area contributed by atoms with Gasteiger partial charge in [-0.05, 0) is 45.0 Å². The second-order valence-corrected chi connectivity index (χ2v) is 4.07. The smallest absolute Gasteiger partial charge is 0.159 e. The number of rotatable bonds is 5. The predicted octanol–water partition coefficient (Wildman–Crippen LogP) is 3.29. The number of likely N-dealkylation sites (N-methyl/N-ethyl adjacent to an activating group) is 1. The van der Waals surface area contributed by atoms with Crippen LogP contribution in [0.5, 0.6) is 0 Å². The van der Waals surface area contributed by atoms with E-state index in [2.05, 4.69) is 18.4 Å². The molecule has 0 fully saturated rings. The minimum absolute atomic E-state index is 0.106. The van der Waals surface area contributed by atoms with Crippen molar-refractivity contribution in [1.82, 2.24) is 0 Å². The van der Waals surface area contributed by atoms with E-state index in [1.807, 2.05) is 31.2 Å². The summed E-state index contributed by atoms with van der Waals surface area (Å²) in [7, 11) is 0. The van der Waals surface area contributed by atoms with E-state index in [0.717, 1.165) is 29.9 Å². The van der Waals surface area contributed by atoms with Crippen LogP contribution in [0.1, 0.15) is 31.1 Å². The van der Waals surface area contributed by atoms with Gasteiger partial charge in [0.25, 0.3) is 0 Å². The molecule has 0 aromatic heterocycles. The zero-order chi connectivity index (χ0) is 12.1. The largest absolute Gasteiger partial charge is 0.368 e. The number of hydrogen-bond donors (Lipinski definition) is 0. The van der Waals surface area contributed by atoms with Crippen molar-refractivity contribution < 1.29 is 4.79 Å². The third-order valence-electron chi connectivity index (χ3n) is 2.48. The average Bonchev–Trinajstić information content (AvgIpc) is 2.25. The van der Waals surface area contributed by atoms with Gasteiger partial charge in [-0.15, -0.1) is 0 Å². The van der Waals surface area contributed by atoms with Crippen molar-refractivity contribution in [3.05, 3.63) is 42.0 Å². The minimum Gasteiger partial charge on any atom is -0.368 e. The molecule has 0 radical (unpaired) electrons. The summed E-state index contributed by atoms with van der Waals surface area (Å²) in [5, 5.41) is 0. The Morgan fingerprint density at radius 2 is 1.81 bits per heavy atom. The summed E-state index contributed by atoms with van der Waals surface area (Å²) in [6.07, 6.45) is 0. The standard InChI is InChI=1S/C14H19NO/c1-5-15(10-11(2)3)14-8-6-13(7-9-14)12(4)16/h6-9H,2,5,10H2,1,3-4H3. The normalized spacial score (nSPS) is 9.94. The molecule has 2 heteroatoms. The molecule has 0 atom stereocenters. The lowest BCUT2D eigenvalue weighted by atomic mass is 10.1. The van der Waals surface area contributed by atoms with Gasteiger partial charge in [0.15, 0.2) is 5.78 Å². The van der Waals surface area contributed by atoms with Gasteiger partial charge >= 0.3 is 0 Å². The Kier molecular flexibility index (Phi) is 4.29. The lowest BCUT2D eigenvalue weighted by molar-refractivity contribution is 0.101. The van der Waals surface area contributed by atoms with Gasteiger partial charge in [-0.2, -0.15) is 0 Å². The molecule has 0 unspecified atom stereocenters. The number of anilines is 1. The molecule has 0 saturated heterocycles. The van der Waals surface area contributed by atoms with Crippen molar-refractivity contribution in [2.24, 2.45) is 0 Å². The van der Waals surface area contributed by atoms with E-state index >= 15 is 0 Å². The lowest BCUT2D eigenvalue weighted by Gasteiger charge is -2.23. The zero-order valence-corrected chi connectivity index (χ0v) is 10.3. The first-order valence-corrected chi connectivity index (χ1v) is 5.55. The van der Waals surface area contributed by atoms with Crippen LogP contribution < -0.4 is 4.90 Å². The molecule has 0 N–H and O–H groups in total. The van der Waals surface area contributed by atoms with E-state index in [4.69, 9.17) is 0 Å². The quantitative estimate of drug-likeness (QED) is 0.557. The number of ketones is 1. The number of carbonyl (C=O) groups is 1. The Morgan fingerprint density at radius 1 is 1.25 bits per heavy atom. The highest BCUT2D eigenvalue weighted by Gasteiger charge is 2.05. The Bertz CT molecular complexity index is 378. The zero-order valence-electron chi connectivity index (χ0n) is 10.3. The van der Waals surface area contributed by atoms with E-state index in [0.29, 0.717) is 0 Å². The first-order valence-electron chi connectivity index (χ1n) is 5.55. The first-order chi connectivity index (χ1) is 7.54. The maximum absolute atomic E-state index is 11.1. The van der Waals surface area contributed by atoms with Crippen LogP contribution in [0.25, 0.3) is 0 Å². The second kappa shape index (κ2) is 5.50. The molecule has 0 amide bonds. The molecule has 0 heterocycles. The van der Waals surface area contributed by atoms with Gasteiger partial charge in [-0.25, -0.2) is 0 Å². The van der Waals surface area contributed by atoms with Crippen molar-refractivity contribution in [2.75, 3.05) is 18.0 Å². The molecule has 86 valence electrons. The van der Waals surface area contributed by atoms with Gasteiger partial charge in [-0.1, -0.05) is 12.2 Å². The van der Waals surface area contributed by atoms with Gasteiger partial charge < -0.3 is 4.90 Å². The second-order valence-electron chi connectivity index (χ2n) is 4.07. The Labute approximate surface area is 97.6 Å². The van der Waals surface area contributed by atoms with Crippen LogP contribution in [0.4, 0.5) is 5.69 Å². The monoisotopic (exact) mass is 217 g/mol. The predicted molar refractivity (Wildman–Crippen MR) is 69.1 cm³/mol. The molecular formula is C14H19NO. The fourth-order valence-corrected chi connectivity index (χ4v) is 1.62. The fourth-order valence-electron chi connectivity index (χ4n) is 1.62. The highest BCUT2D eigenvalue weighted by Crippen LogP contribution is 2.16. The number of hydrogen-bond acceptors (Lipinski definition) is 2. The summed E-state index contributed by atoms with van der Waals surface area (Å²) in [6, 6.07) is 7.73. The van der Waals surface area contributed by atoms with Gasteiger partial charge in [0.1, 0.15) is 0 Å². The van der Waals surface area contributed by atoms with E-state index in [9.17, 15) is 4.79 Å². The number of benzene rings is 1. The molecule has 16 heavy (non-hydrogen) atoms. The summed E-state index contributed by atoms with van der Waals surface area (Å²) < 4.78 is 0. The SMILES string of the molecule is C=C(C)CN(CC)c1ccc(C(C)=O)cc1. The summed E-state index contributed by atoms with van der Waals surface area (Å²) in [5.41, 5.74) is 3.03. The highest BCUT2D eigenvalue weighted by atomic mass is 16.1. The number of nitrogens with zero attached hydrogens (tertiary/aromatic N) is 1. The molecule has 0 aliphatic carbocycles. The molecule has 0 bridgehead atoms. The van der Waals surface area contributed by atoms with Gasteiger partial charge in [0.05, 0.1) is 0 Å². The average molecular weight is 217 g/mol. The summed E-state index contributed by atoms with van der Waals surface area (Å²) in [4.78, 5) is 13.4. The maximum Gasteiger partial charge on any atom is 0.159 e. The van der Waals surface area contributed by atoms with Crippen LogP contribution in [0.3, 0.4) is 0 Å². The topological polar surface area (TPSA) is 20.3 Å². The van der Waals surface area contributed by atoms with E-state index < -0.39 is 0 Å². The van der Waals surface area contributed by atoms with Crippen molar-refractivity contribution in [3.63, 3.8) is 0 Å². The van der Waals surface area contributed by atoms with Crippen molar-refractivity contribution in [2.45, 2.75) is 20.8 Å². The van der Waals surface area contributed by atoms with Crippen molar-refractivity contribution in [1.29, 1.82) is 0 Å². The number of carbonyl (C=O) groups excluding carboxylic acids is 1. The molecule has 1 aromatic carbocycles. The van der Waals surface area contributed by atoms with Gasteiger partial charge in [-0.3, -0.25) is 4.79 Å². The summed E-state index contributed by atoms with van der Waals surface area (Å²) >= 11 is 0. The van der Waals surface area contributed by atoms with Crippen LogP contribution in [0, 0.1) is 0 Å². The van der Waals surface area contributed by atoms with Crippen LogP contribution in [0.15, 0.2) is 36.4 Å². The lowest BCUT2D eigenvalue weighted by Crippen LogP contribution is -2.24. The van der Waals surface area contributed by atoms with E-state index in [-0.39, 0.29) is 5.78 Å². The number of Topliss-reactive ketones (excluding diaryl/α,β-unsaturated/α-hetero) is 1. The molecule has 0 saturated carbocycles. The molecule has 1 rings (SSSR count). The fraction of sp³-hybridized carbons (Fsp3) is 0.357. The highest BCUT2D eigenvalue weighted by molar-refractivity contribution is 5.94. The minimum atomic E-state index is 0.106. The molecule has 0 spiro atoms. The Hall–Kier alpha value is -1.57. The summed E-state index contributed by atoms with van der Waals surface area (Å²) in [6.45, 7) is 11.4.